The molecule has 4 heteroatoms. The number of fused-ring (bicyclic) bond motifs is 1. The molecule has 1 heterocycles. The number of nitrogens with one attached hydrogen (secondary N) is 1. The van der Waals surface area contributed by atoms with E-state index in [4.69, 9.17) is 5.73 Å². The van der Waals surface area contributed by atoms with Crippen LogP contribution in [-0.2, 0) is 5.54 Å². The van der Waals surface area contributed by atoms with E-state index >= 15 is 0 Å². The number of anilines is 1. The predicted molar refractivity (Wildman–Crippen MR) is 95.7 cm³/mol. The second kappa shape index (κ2) is 5.34. The van der Waals surface area contributed by atoms with Gasteiger partial charge in [-0.25, -0.2) is 0 Å². The first kappa shape index (κ1) is 14.7. The van der Waals surface area contributed by atoms with Crippen LogP contribution in [-0.4, -0.2) is 10.9 Å². The Bertz CT molecular complexity index is 939. The van der Waals surface area contributed by atoms with E-state index in [9.17, 15) is 4.79 Å². The topological polar surface area (TPSA) is 68.0 Å². The molecule has 24 heavy (non-hydrogen) atoms. The quantitative estimate of drug-likeness (QED) is 0.776. The highest BCUT2D eigenvalue weighted by molar-refractivity contribution is 5.97. The van der Waals surface area contributed by atoms with Crippen molar-refractivity contribution in [2.75, 3.05) is 5.73 Å². The molecule has 1 amide bonds. The number of aryl methyl sites for hydroxylation is 1. The van der Waals surface area contributed by atoms with Crippen molar-refractivity contribution in [1.29, 1.82) is 0 Å². The van der Waals surface area contributed by atoms with Crippen LogP contribution in [0.3, 0.4) is 0 Å². The highest BCUT2D eigenvalue weighted by Gasteiger charge is 2.46. The minimum atomic E-state index is -0.283. The molecular weight excluding hydrogens is 298 g/mol. The number of carbonyl (C=O) groups is 1. The smallest absolute Gasteiger partial charge is 0.253 e. The number of benzene rings is 2. The molecule has 0 bridgehead atoms. The van der Waals surface area contributed by atoms with E-state index in [2.05, 4.69) is 40.6 Å². The molecule has 1 aliphatic rings. The van der Waals surface area contributed by atoms with Gasteiger partial charge in [-0.2, -0.15) is 0 Å². The zero-order chi connectivity index (χ0) is 16.7. The number of nitrogens with two attached hydrogens (primary N) is 1. The average molecular weight is 317 g/mol. The van der Waals surface area contributed by atoms with Gasteiger partial charge in [-0.3, -0.25) is 9.78 Å². The normalized spacial score (nSPS) is 15.2. The molecule has 1 saturated carbocycles. The van der Waals surface area contributed by atoms with E-state index in [0.717, 1.165) is 12.8 Å². The number of rotatable bonds is 3. The van der Waals surface area contributed by atoms with E-state index < -0.39 is 0 Å². The fraction of sp³-hybridized carbons (Fsp3) is 0.200. The fourth-order valence-electron chi connectivity index (χ4n) is 3.29. The second-order valence-electron chi connectivity index (χ2n) is 6.46. The first-order chi connectivity index (χ1) is 11.6. The van der Waals surface area contributed by atoms with Crippen LogP contribution in [0, 0.1) is 6.92 Å². The predicted octanol–water partition coefficient (Wildman–Crippen LogP) is 3.54. The van der Waals surface area contributed by atoms with Crippen LogP contribution < -0.4 is 11.1 Å². The van der Waals surface area contributed by atoms with Crippen LogP contribution in [0.5, 0.6) is 0 Å². The number of amides is 1. The van der Waals surface area contributed by atoms with Crippen molar-refractivity contribution in [2.45, 2.75) is 25.3 Å². The Labute approximate surface area is 140 Å². The van der Waals surface area contributed by atoms with Crippen molar-refractivity contribution in [3.63, 3.8) is 0 Å². The van der Waals surface area contributed by atoms with Gasteiger partial charge in [0.2, 0.25) is 0 Å². The molecule has 0 unspecified atom stereocenters. The summed E-state index contributed by atoms with van der Waals surface area (Å²) in [6, 6.07) is 16.2. The summed E-state index contributed by atoms with van der Waals surface area (Å²) in [4.78, 5) is 17.0. The third-order valence-electron chi connectivity index (χ3n) is 4.76. The molecule has 0 spiro atoms. The molecule has 1 aromatic heterocycles. The van der Waals surface area contributed by atoms with Crippen molar-refractivity contribution in [1.82, 2.24) is 10.3 Å². The zero-order valence-electron chi connectivity index (χ0n) is 13.5. The van der Waals surface area contributed by atoms with Gasteiger partial charge in [-0.05, 0) is 42.2 Å². The van der Waals surface area contributed by atoms with Gasteiger partial charge in [0.25, 0.3) is 5.91 Å². The molecule has 0 saturated heterocycles. The maximum absolute atomic E-state index is 12.8. The minimum absolute atomic E-state index is 0.113. The van der Waals surface area contributed by atoms with Gasteiger partial charge >= 0.3 is 0 Å². The van der Waals surface area contributed by atoms with E-state index in [1.807, 2.05) is 19.1 Å². The van der Waals surface area contributed by atoms with Gasteiger partial charge in [-0.15, -0.1) is 0 Å². The Kier molecular flexibility index (Phi) is 3.27. The standard InChI is InChI=1S/C20H19N3O/c1-13-17(11-15(21)12-22-13)19(24)23-20(9-10-20)18-8-4-6-14-5-2-3-7-16(14)18/h2-8,11-12H,9-10,21H2,1H3,(H,23,24). The van der Waals surface area contributed by atoms with Crippen molar-refractivity contribution >= 4 is 22.4 Å². The largest absolute Gasteiger partial charge is 0.397 e. The van der Waals surface area contributed by atoms with Gasteiger partial charge in [-0.1, -0.05) is 42.5 Å². The zero-order valence-corrected chi connectivity index (χ0v) is 13.5. The number of hydrogen-bond acceptors (Lipinski definition) is 3. The van der Waals surface area contributed by atoms with Crippen molar-refractivity contribution in [3.05, 3.63) is 71.5 Å². The number of nitrogens with zero attached hydrogens (tertiary/aromatic N) is 1. The molecule has 1 fully saturated rings. The van der Waals surface area contributed by atoms with Gasteiger partial charge < -0.3 is 11.1 Å². The Hall–Kier alpha value is -2.88. The van der Waals surface area contributed by atoms with Crippen LogP contribution in [0.1, 0.15) is 34.5 Å². The molecule has 4 nitrogen and oxygen atoms in total. The van der Waals surface area contributed by atoms with Gasteiger partial charge in [0.15, 0.2) is 0 Å². The molecule has 3 N–H and O–H groups in total. The summed E-state index contributed by atoms with van der Waals surface area (Å²) in [6.07, 6.45) is 3.47. The fourth-order valence-corrected chi connectivity index (χ4v) is 3.29. The van der Waals surface area contributed by atoms with E-state index in [-0.39, 0.29) is 11.4 Å². The minimum Gasteiger partial charge on any atom is -0.397 e. The lowest BCUT2D eigenvalue weighted by atomic mass is 9.96. The Morgan fingerprint density at radius 2 is 1.92 bits per heavy atom. The summed E-state index contributed by atoms with van der Waals surface area (Å²) in [5.41, 5.74) is 8.42. The molecule has 0 radical (unpaired) electrons. The average Bonchev–Trinajstić information content (AvgIpc) is 3.37. The van der Waals surface area contributed by atoms with Gasteiger partial charge in [0.05, 0.1) is 28.7 Å². The number of pyridine rings is 1. The third-order valence-corrected chi connectivity index (χ3v) is 4.76. The maximum atomic E-state index is 12.8. The summed E-state index contributed by atoms with van der Waals surface area (Å²) < 4.78 is 0. The number of hydrogen-bond donors (Lipinski definition) is 2. The maximum Gasteiger partial charge on any atom is 0.253 e. The number of nitrogen functional groups attached to an aromatic ring is 1. The first-order valence-electron chi connectivity index (χ1n) is 8.12. The lowest BCUT2D eigenvalue weighted by Crippen LogP contribution is -2.35. The van der Waals surface area contributed by atoms with Crippen LogP contribution in [0.2, 0.25) is 0 Å². The van der Waals surface area contributed by atoms with Crippen molar-refractivity contribution in [2.24, 2.45) is 0 Å². The molecule has 0 aliphatic heterocycles. The van der Waals surface area contributed by atoms with Crippen LogP contribution >= 0.6 is 0 Å². The second-order valence-corrected chi connectivity index (χ2v) is 6.46. The highest BCUT2D eigenvalue weighted by Crippen LogP contribution is 2.48. The summed E-state index contributed by atoms with van der Waals surface area (Å²) in [5, 5.41) is 5.61. The van der Waals surface area contributed by atoms with E-state index in [0.29, 0.717) is 16.9 Å². The Morgan fingerprint density at radius 3 is 2.71 bits per heavy atom. The number of carbonyl (C=O) groups excluding carboxylic acids is 1. The van der Waals surface area contributed by atoms with Crippen LogP contribution in [0.4, 0.5) is 5.69 Å². The Morgan fingerprint density at radius 1 is 1.17 bits per heavy atom. The molecule has 4 rings (SSSR count). The summed E-state index contributed by atoms with van der Waals surface area (Å²) >= 11 is 0. The van der Waals surface area contributed by atoms with E-state index in [1.165, 1.54) is 16.3 Å². The first-order valence-corrected chi connectivity index (χ1v) is 8.12. The molecule has 1 aliphatic carbocycles. The molecular formula is C20H19N3O. The summed E-state index contributed by atoms with van der Waals surface area (Å²) in [6.45, 7) is 1.83. The lowest BCUT2D eigenvalue weighted by molar-refractivity contribution is 0.0930. The number of aromatic nitrogens is 1. The van der Waals surface area contributed by atoms with Gasteiger partial charge in [0.1, 0.15) is 0 Å². The molecule has 0 atom stereocenters. The molecule has 3 aromatic rings. The summed E-state index contributed by atoms with van der Waals surface area (Å²) in [5.74, 6) is -0.113. The highest BCUT2D eigenvalue weighted by atomic mass is 16.1. The van der Waals surface area contributed by atoms with Crippen LogP contribution in [0.25, 0.3) is 10.8 Å². The molecule has 120 valence electrons. The third kappa shape index (κ3) is 2.40. The van der Waals surface area contributed by atoms with Crippen LogP contribution in [0.15, 0.2) is 54.7 Å². The van der Waals surface area contributed by atoms with E-state index in [1.54, 1.807) is 12.3 Å². The lowest BCUT2D eigenvalue weighted by Gasteiger charge is -2.20. The monoisotopic (exact) mass is 317 g/mol. The van der Waals surface area contributed by atoms with Crippen molar-refractivity contribution < 1.29 is 4.79 Å². The van der Waals surface area contributed by atoms with Crippen molar-refractivity contribution in [3.8, 4) is 0 Å². The molecule has 2 aromatic carbocycles. The van der Waals surface area contributed by atoms with Gasteiger partial charge in [0, 0.05) is 0 Å². The summed E-state index contributed by atoms with van der Waals surface area (Å²) in [7, 11) is 0. The Balaban J connectivity index is 1.71. The SMILES string of the molecule is Cc1ncc(N)cc1C(=O)NC1(c2cccc3ccccc23)CC1.